The number of hydrogen-bond acceptors (Lipinski definition) is 7. The minimum absolute atomic E-state index is 0.0524. The maximum atomic E-state index is 6.39. The molecule has 3 fully saturated rings. The van der Waals surface area contributed by atoms with Crippen LogP contribution in [0.5, 0.6) is 5.75 Å². The number of nitrogen functional groups attached to an aromatic ring is 1. The lowest BCUT2D eigenvalue weighted by molar-refractivity contribution is -0.0326. The van der Waals surface area contributed by atoms with Crippen LogP contribution in [0.3, 0.4) is 0 Å². The molecule has 1 aromatic carbocycles. The third kappa shape index (κ3) is 4.76. The molecule has 1 unspecified atom stereocenters. The highest BCUT2D eigenvalue weighted by Gasteiger charge is 2.34. The van der Waals surface area contributed by atoms with Crippen LogP contribution >= 0.6 is 11.8 Å². The third-order valence-electron chi connectivity index (χ3n) is 7.72. The van der Waals surface area contributed by atoms with Crippen molar-refractivity contribution >= 4 is 28.6 Å². The molecule has 186 valence electrons. The van der Waals surface area contributed by atoms with Gasteiger partial charge in [0.05, 0.1) is 17.1 Å². The van der Waals surface area contributed by atoms with Gasteiger partial charge in [0, 0.05) is 42.5 Å². The maximum Gasteiger partial charge on any atom is 0.146 e. The van der Waals surface area contributed by atoms with Crippen LogP contribution in [0.2, 0.25) is 0 Å². The van der Waals surface area contributed by atoms with Crippen LogP contribution in [-0.2, 0) is 4.74 Å². The topological polar surface area (TPSA) is 78.4 Å². The zero-order chi connectivity index (χ0) is 24.0. The number of benzene rings is 1. The van der Waals surface area contributed by atoms with Crippen molar-refractivity contribution in [1.82, 2.24) is 19.4 Å². The number of nitrogens with zero attached hydrogens (tertiary/aromatic N) is 4. The summed E-state index contributed by atoms with van der Waals surface area (Å²) in [6.07, 6.45) is 8.43. The number of rotatable bonds is 7. The molecule has 1 aliphatic carbocycles. The predicted octanol–water partition coefficient (Wildman–Crippen LogP) is 4.97. The standard InChI is InChI=1S/C27H35N5O2S/c1-27(2)7-6-22(34-27)15-33-21-5-3-4-19(12-21)23-14-32(26-24(23)25(28)29-16-30-26)20-10-18(11-20)13-31-8-9-35-17-31/h3-5,12,14,16,18,20,22H,6-11,13,15,17H2,1-2H3,(H2,28,29,30). The first-order chi connectivity index (χ1) is 16.9. The van der Waals surface area contributed by atoms with E-state index < -0.39 is 0 Å². The summed E-state index contributed by atoms with van der Waals surface area (Å²) in [6.45, 7) is 7.30. The van der Waals surface area contributed by atoms with Crippen LogP contribution < -0.4 is 10.5 Å². The van der Waals surface area contributed by atoms with E-state index in [1.54, 1.807) is 6.33 Å². The molecule has 3 aliphatic rings. The fourth-order valence-corrected chi connectivity index (χ4v) is 6.79. The minimum atomic E-state index is -0.0524. The largest absolute Gasteiger partial charge is 0.491 e. The van der Waals surface area contributed by atoms with Gasteiger partial charge in [0.2, 0.25) is 0 Å². The number of nitrogens with two attached hydrogens (primary N) is 1. The van der Waals surface area contributed by atoms with Crippen LogP contribution in [0.25, 0.3) is 22.2 Å². The lowest BCUT2D eigenvalue weighted by Gasteiger charge is -2.38. The summed E-state index contributed by atoms with van der Waals surface area (Å²) in [5, 5.41) is 0.935. The summed E-state index contributed by atoms with van der Waals surface area (Å²) in [7, 11) is 0. The maximum absolute atomic E-state index is 6.39. The Labute approximate surface area is 211 Å². The fourth-order valence-electron chi connectivity index (χ4n) is 5.78. The highest BCUT2D eigenvalue weighted by Crippen LogP contribution is 2.43. The van der Waals surface area contributed by atoms with Gasteiger partial charge in [-0.15, -0.1) is 11.8 Å². The number of anilines is 1. The summed E-state index contributed by atoms with van der Waals surface area (Å²) < 4.78 is 14.6. The molecule has 6 rings (SSSR count). The third-order valence-corrected chi connectivity index (χ3v) is 8.74. The highest BCUT2D eigenvalue weighted by molar-refractivity contribution is 7.99. The first-order valence-corrected chi connectivity index (χ1v) is 13.9. The molecule has 2 N–H and O–H groups in total. The Bertz CT molecular complexity index is 1200. The number of aromatic nitrogens is 3. The predicted molar refractivity (Wildman–Crippen MR) is 142 cm³/mol. The zero-order valence-electron chi connectivity index (χ0n) is 20.7. The molecule has 2 saturated heterocycles. The first kappa shape index (κ1) is 23.1. The Morgan fingerprint density at radius 3 is 2.91 bits per heavy atom. The summed E-state index contributed by atoms with van der Waals surface area (Å²) in [4.78, 5) is 11.6. The Kier molecular flexibility index (Phi) is 6.15. The molecular formula is C27H35N5O2S. The average Bonchev–Trinajstić information content (AvgIpc) is 3.54. The van der Waals surface area contributed by atoms with Gasteiger partial charge in [-0.25, -0.2) is 9.97 Å². The van der Waals surface area contributed by atoms with E-state index in [1.807, 2.05) is 23.9 Å². The molecule has 1 saturated carbocycles. The molecule has 7 nitrogen and oxygen atoms in total. The molecule has 1 atom stereocenters. The molecule has 0 amide bonds. The molecule has 3 aromatic rings. The van der Waals surface area contributed by atoms with Gasteiger partial charge in [0.1, 0.15) is 30.1 Å². The van der Waals surface area contributed by atoms with E-state index >= 15 is 0 Å². The van der Waals surface area contributed by atoms with E-state index in [2.05, 4.69) is 51.6 Å². The highest BCUT2D eigenvalue weighted by atomic mass is 32.2. The van der Waals surface area contributed by atoms with Crippen LogP contribution in [0.1, 0.15) is 45.6 Å². The molecule has 8 heteroatoms. The molecule has 0 radical (unpaired) electrons. The van der Waals surface area contributed by atoms with Crippen molar-refractivity contribution in [3.05, 3.63) is 36.8 Å². The van der Waals surface area contributed by atoms with Crippen molar-refractivity contribution in [3.8, 4) is 16.9 Å². The van der Waals surface area contributed by atoms with E-state index in [4.69, 9.17) is 15.2 Å². The second-order valence-corrected chi connectivity index (χ2v) is 12.0. The van der Waals surface area contributed by atoms with Crippen molar-refractivity contribution in [1.29, 1.82) is 0 Å². The fraction of sp³-hybridized carbons (Fsp3) is 0.556. The minimum Gasteiger partial charge on any atom is -0.491 e. The van der Waals surface area contributed by atoms with Crippen LogP contribution in [0, 0.1) is 5.92 Å². The molecule has 0 spiro atoms. The molecule has 2 aromatic heterocycles. The lowest BCUT2D eigenvalue weighted by Crippen LogP contribution is -2.36. The van der Waals surface area contributed by atoms with Crippen molar-refractivity contribution in [2.75, 3.05) is 37.1 Å². The lowest BCUT2D eigenvalue weighted by atomic mass is 9.79. The Balaban J connectivity index is 1.21. The Hall–Kier alpha value is -2.29. The average molecular weight is 494 g/mol. The summed E-state index contributed by atoms with van der Waals surface area (Å²) in [5.41, 5.74) is 9.41. The SMILES string of the molecule is CC1(C)CCC(COc2cccc(-c3cn(C4CC(CN5CCSC5)C4)c4ncnc(N)c34)c2)O1. The quantitative estimate of drug-likeness (QED) is 0.498. The van der Waals surface area contributed by atoms with Crippen LogP contribution in [0.4, 0.5) is 5.82 Å². The smallest absolute Gasteiger partial charge is 0.146 e. The first-order valence-electron chi connectivity index (χ1n) is 12.8. The van der Waals surface area contributed by atoms with Crippen LogP contribution in [0.15, 0.2) is 36.8 Å². The number of fused-ring (bicyclic) bond motifs is 1. The Morgan fingerprint density at radius 1 is 1.26 bits per heavy atom. The number of hydrogen-bond donors (Lipinski definition) is 1. The van der Waals surface area contributed by atoms with E-state index in [0.29, 0.717) is 18.5 Å². The second-order valence-electron chi connectivity index (χ2n) is 10.9. The molecule has 2 aliphatic heterocycles. The molecule has 4 heterocycles. The second kappa shape index (κ2) is 9.30. The van der Waals surface area contributed by atoms with Gasteiger partial charge in [-0.3, -0.25) is 4.90 Å². The van der Waals surface area contributed by atoms with E-state index in [1.165, 1.54) is 37.6 Å². The van der Waals surface area contributed by atoms with Gasteiger partial charge < -0.3 is 19.8 Å². The number of thioether (sulfide) groups is 1. The van der Waals surface area contributed by atoms with E-state index in [0.717, 1.165) is 46.7 Å². The zero-order valence-corrected chi connectivity index (χ0v) is 21.5. The van der Waals surface area contributed by atoms with Crippen LogP contribution in [-0.4, -0.2) is 62.5 Å². The van der Waals surface area contributed by atoms with Crippen molar-refractivity contribution < 1.29 is 9.47 Å². The number of ether oxygens (including phenoxy) is 2. The summed E-state index contributed by atoms with van der Waals surface area (Å²) >= 11 is 2.04. The molecule has 35 heavy (non-hydrogen) atoms. The Morgan fingerprint density at radius 2 is 2.14 bits per heavy atom. The monoisotopic (exact) mass is 493 g/mol. The van der Waals surface area contributed by atoms with E-state index in [9.17, 15) is 0 Å². The van der Waals surface area contributed by atoms with Gasteiger partial charge in [0.25, 0.3) is 0 Å². The van der Waals surface area contributed by atoms with Crippen molar-refractivity contribution in [2.45, 2.75) is 57.3 Å². The summed E-state index contributed by atoms with van der Waals surface area (Å²) in [6, 6.07) is 8.72. The van der Waals surface area contributed by atoms with E-state index in [-0.39, 0.29) is 11.7 Å². The normalized spacial score (nSPS) is 26.3. The van der Waals surface area contributed by atoms with Gasteiger partial charge >= 0.3 is 0 Å². The van der Waals surface area contributed by atoms with Gasteiger partial charge in [0.15, 0.2) is 0 Å². The van der Waals surface area contributed by atoms with Gasteiger partial charge in [-0.2, -0.15) is 0 Å². The molecule has 0 bridgehead atoms. The van der Waals surface area contributed by atoms with Crippen molar-refractivity contribution in [3.63, 3.8) is 0 Å². The van der Waals surface area contributed by atoms with Crippen molar-refractivity contribution in [2.24, 2.45) is 5.92 Å². The van der Waals surface area contributed by atoms with Gasteiger partial charge in [-0.1, -0.05) is 12.1 Å². The molecular weight excluding hydrogens is 458 g/mol. The summed E-state index contributed by atoms with van der Waals surface area (Å²) in [5.74, 6) is 4.59. The van der Waals surface area contributed by atoms with Gasteiger partial charge in [-0.05, 0) is 63.1 Å².